The molecule has 1 aromatic rings. The molecule has 0 aromatic heterocycles. The predicted octanol–water partition coefficient (Wildman–Crippen LogP) is 1.43. The summed E-state index contributed by atoms with van der Waals surface area (Å²) in [4.78, 5) is 23.9. The summed E-state index contributed by atoms with van der Waals surface area (Å²) in [5, 5.41) is 14.2. The van der Waals surface area contributed by atoms with Crippen LogP contribution in [0.15, 0.2) is 30.4 Å². The van der Waals surface area contributed by atoms with Crippen LogP contribution in [0, 0.1) is 37.5 Å². The van der Waals surface area contributed by atoms with Gasteiger partial charge in [-0.05, 0) is 43.7 Å². The number of hydrogen-bond acceptors (Lipinski definition) is 3. The van der Waals surface area contributed by atoms with Crippen LogP contribution < -0.4 is 10.4 Å². The van der Waals surface area contributed by atoms with Crippen molar-refractivity contribution >= 4 is 17.6 Å². The topological polar surface area (TPSA) is 69.2 Å². The summed E-state index contributed by atoms with van der Waals surface area (Å²) in [6, 6.07) is 5.78. The number of carboxylic acid groups (broad SMARTS) is 1. The van der Waals surface area contributed by atoms with E-state index in [0.717, 1.165) is 23.2 Å². The van der Waals surface area contributed by atoms with Gasteiger partial charge in [-0.25, -0.2) is 0 Å². The number of aliphatic carboxylic acids is 1. The first-order valence-electron chi connectivity index (χ1n) is 7.24. The zero-order valence-electron chi connectivity index (χ0n) is 12.1. The molecule has 0 aliphatic heterocycles. The van der Waals surface area contributed by atoms with Crippen LogP contribution in [0.2, 0.25) is 0 Å². The van der Waals surface area contributed by atoms with E-state index in [2.05, 4.69) is 5.32 Å². The number of rotatable bonds is 3. The molecule has 2 bridgehead atoms. The fourth-order valence-electron chi connectivity index (χ4n) is 3.67. The van der Waals surface area contributed by atoms with Gasteiger partial charge >= 0.3 is 0 Å². The summed E-state index contributed by atoms with van der Waals surface area (Å²) >= 11 is 0. The zero-order valence-corrected chi connectivity index (χ0v) is 12.1. The van der Waals surface area contributed by atoms with Gasteiger partial charge in [0.2, 0.25) is 5.91 Å². The Kier molecular flexibility index (Phi) is 3.32. The minimum atomic E-state index is -1.12. The van der Waals surface area contributed by atoms with Crippen molar-refractivity contribution in [3.8, 4) is 0 Å². The van der Waals surface area contributed by atoms with Gasteiger partial charge in [0.25, 0.3) is 0 Å². The van der Waals surface area contributed by atoms with E-state index >= 15 is 0 Å². The molecule has 0 saturated heterocycles. The molecule has 1 aromatic carbocycles. The molecule has 0 spiro atoms. The summed E-state index contributed by atoms with van der Waals surface area (Å²) in [7, 11) is 0. The predicted molar refractivity (Wildman–Crippen MR) is 77.3 cm³/mol. The van der Waals surface area contributed by atoms with Crippen LogP contribution in [0.5, 0.6) is 0 Å². The number of nitrogens with one attached hydrogen (secondary N) is 1. The Labute approximate surface area is 123 Å². The maximum atomic E-state index is 12.5. The minimum absolute atomic E-state index is 0.0173. The second kappa shape index (κ2) is 5.02. The summed E-state index contributed by atoms with van der Waals surface area (Å²) < 4.78 is 0. The van der Waals surface area contributed by atoms with Crippen LogP contribution in [0.3, 0.4) is 0 Å². The lowest BCUT2D eigenvalue weighted by Gasteiger charge is -2.28. The van der Waals surface area contributed by atoms with Crippen LogP contribution >= 0.6 is 0 Å². The molecule has 1 saturated carbocycles. The van der Waals surface area contributed by atoms with Crippen molar-refractivity contribution < 1.29 is 14.7 Å². The Balaban J connectivity index is 1.82. The standard InChI is InChI=1S/C17H19NO3/c1-9-3-6-13(10(2)7-9)18-16(19)14-11-4-5-12(8-11)15(14)17(20)21/h3-7,11-12,14-15H,8H2,1-2H3,(H,18,19)(H,20,21)/p-1/t11-,12-,14+,15-/m0/s1. The molecule has 4 nitrogen and oxygen atoms in total. The minimum Gasteiger partial charge on any atom is -0.550 e. The van der Waals surface area contributed by atoms with Crippen molar-refractivity contribution in [3.63, 3.8) is 0 Å². The van der Waals surface area contributed by atoms with E-state index in [1.54, 1.807) is 0 Å². The third-order valence-corrected chi connectivity index (χ3v) is 4.67. The Bertz CT molecular complexity index is 635. The highest BCUT2D eigenvalue weighted by molar-refractivity contribution is 5.96. The number of benzene rings is 1. The Morgan fingerprint density at radius 2 is 1.81 bits per heavy atom. The maximum Gasteiger partial charge on any atom is 0.228 e. The number of carboxylic acids is 1. The van der Waals surface area contributed by atoms with Crippen LogP contribution in [0.1, 0.15) is 17.5 Å². The van der Waals surface area contributed by atoms with Gasteiger partial charge in [-0.1, -0.05) is 29.8 Å². The third-order valence-electron chi connectivity index (χ3n) is 4.67. The Morgan fingerprint density at radius 3 is 2.43 bits per heavy atom. The smallest absolute Gasteiger partial charge is 0.228 e. The Hall–Kier alpha value is -2.10. The number of carbonyl (C=O) groups is 2. The van der Waals surface area contributed by atoms with Crippen LogP contribution in [0.4, 0.5) is 5.69 Å². The molecule has 2 aliphatic rings. The number of anilines is 1. The quantitative estimate of drug-likeness (QED) is 0.854. The van der Waals surface area contributed by atoms with E-state index in [1.165, 1.54) is 0 Å². The van der Waals surface area contributed by atoms with Crippen molar-refractivity contribution in [2.75, 3.05) is 5.32 Å². The molecule has 0 heterocycles. The second-order valence-corrected chi connectivity index (χ2v) is 6.13. The third kappa shape index (κ3) is 2.35. The van der Waals surface area contributed by atoms with Crippen molar-refractivity contribution in [2.24, 2.45) is 23.7 Å². The average Bonchev–Trinajstić information content (AvgIpc) is 3.02. The van der Waals surface area contributed by atoms with E-state index in [9.17, 15) is 14.7 Å². The van der Waals surface area contributed by atoms with Crippen LogP contribution in [-0.2, 0) is 9.59 Å². The summed E-state index contributed by atoms with van der Waals surface area (Å²) in [5.74, 6) is -2.60. The molecule has 1 fully saturated rings. The molecule has 0 unspecified atom stereocenters. The molecule has 0 radical (unpaired) electrons. The normalized spacial score (nSPS) is 29.6. The fourth-order valence-corrected chi connectivity index (χ4v) is 3.67. The van der Waals surface area contributed by atoms with E-state index < -0.39 is 17.8 Å². The molecule has 1 amide bonds. The number of fused-ring (bicyclic) bond motifs is 2. The first kappa shape index (κ1) is 13.9. The molecule has 4 heteroatoms. The monoisotopic (exact) mass is 284 g/mol. The van der Waals surface area contributed by atoms with Crippen molar-refractivity contribution in [1.29, 1.82) is 0 Å². The zero-order chi connectivity index (χ0) is 15.1. The highest BCUT2D eigenvalue weighted by Gasteiger charge is 2.48. The lowest BCUT2D eigenvalue weighted by Crippen LogP contribution is -2.42. The van der Waals surface area contributed by atoms with Gasteiger partial charge in [0, 0.05) is 17.6 Å². The number of aryl methyl sites for hydroxylation is 2. The van der Waals surface area contributed by atoms with Crippen molar-refractivity contribution in [1.82, 2.24) is 0 Å². The fraction of sp³-hybridized carbons (Fsp3) is 0.412. The van der Waals surface area contributed by atoms with E-state index in [1.807, 2.05) is 44.2 Å². The molecular weight excluding hydrogens is 266 g/mol. The van der Waals surface area contributed by atoms with Gasteiger partial charge in [0.05, 0.1) is 5.92 Å². The number of hydrogen-bond donors (Lipinski definition) is 1. The van der Waals surface area contributed by atoms with Gasteiger partial charge in [0.1, 0.15) is 0 Å². The summed E-state index contributed by atoms with van der Waals surface area (Å²) in [6.07, 6.45) is 4.62. The first-order valence-corrected chi connectivity index (χ1v) is 7.24. The second-order valence-electron chi connectivity index (χ2n) is 6.13. The maximum absolute atomic E-state index is 12.5. The number of allylic oxidation sites excluding steroid dienone is 2. The van der Waals surface area contributed by atoms with Gasteiger partial charge in [-0.2, -0.15) is 0 Å². The lowest BCUT2D eigenvalue weighted by atomic mass is 9.82. The van der Waals surface area contributed by atoms with Gasteiger partial charge in [-0.15, -0.1) is 0 Å². The van der Waals surface area contributed by atoms with E-state index in [-0.39, 0.29) is 17.7 Å². The van der Waals surface area contributed by atoms with Gasteiger partial charge in [0.15, 0.2) is 0 Å². The van der Waals surface area contributed by atoms with Gasteiger partial charge < -0.3 is 15.2 Å². The first-order chi connectivity index (χ1) is 9.97. The number of carbonyl (C=O) groups excluding carboxylic acids is 2. The van der Waals surface area contributed by atoms with E-state index in [0.29, 0.717) is 0 Å². The average molecular weight is 284 g/mol. The van der Waals surface area contributed by atoms with Crippen LogP contribution in [-0.4, -0.2) is 11.9 Å². The highest BCUT2D eigenvalue weighted by atomic mass is 16.4. The molecule has 110 valence electrons. The van der Waals surface area contributed by atoms with Crippen molar-refractivity contribution in [3.05, 3.63) is 41.5 Å². The molecular formula is C17H18NO3-. The molecule has 4 atom stereocenters. The summed E-state index contributed by atoms with van der Waals surface area (Å²) in [5.41, 5.74) is 2.85. The highest BCUT2D eigenvalue weighted by Crippen LogP contribution is 2.48. The molecule has 1 N–H and O–H groups in total. The number of amides is 1. The van der Waals surface area contributed by atoms with Crippen molar-refractivity contribution in [2.45, 2.75) is 20.3 Å². The molecule has 21 heavy (non-hydrogen) atoms. The largest absolute Gasteiger partial charge is 0.550 e. The Morgan fingerprint density at radius 1 is 1.14 bits per heavy atom. The lowest BCUT2D eigenvalue weighted by molar-refractivity contribution is -0.313. The molecule has 3 rings (SSSR count). The summed E-state index contributed by atoms with van der Waals surface area (Å²) in [6.45, 7) is 3.92. The molecule has 2 aliphatic carbocycles. The SMILES string of the molecule is Cc1ccc(NC(=O)[C@H]2[C@@H](C(=O)[O-])[C@H]3C=C[C@H]2C3)c(C)c1. The van der Waals surface area contributed by atoms with Crippen LogP contribution in [0.25, 0.3) is 0 Å². The van der Waals surface area contributed by atoms with Gasteiger partial charge in [-0.3, -0.25) is 4.79 Å². The van der Waals surface area contributed by atoms with E-state index in [4.69, 9.17) is 0 Å².